The summed E-state index contributed by atoms with van der Waals surface area (Å²) in [6.45, 7) is 15.0. The number of aliphatic hydroxyl groups is 1. The summed E-state index contributed by atoms with van der Waals surface area (Å²) in [4.78, 5) is 47.3. The van der Waals surface area contributed by atoms with Crippen molar-refractivity contribution < 1.29 is 28.8 Å². The maximum atomic E-state index is 14.1. The molecule has 21 heteroatoms. The van der Waals surface area contributed by atoms with E-state index in [1.165, 1.54) is 10.4 Å². The Morgan fingerprint density at radius 3 is 2.48 bits per heavy atom. The van der Waals surface area contributed by atoms with Crippen LogP contribution in [0, 0.1) is 26.7 Å². The van der Waals surface area contributed by atoms with Crippen molar-refractivity contribution >= 4 is 63.1 Å². The number of hydrogen-bond donors (Lipinski definition) is 2. The molecule has 5 aliphatic rings. The number of ether oxygens (including phenoxy) is 4. The molecule has 18 nitrogen and oxygen atoms in total. The minimum atomic E-state index is -0.669. The molecule has 1 amide bonds. The van der Waals surface area contributed by atoms with Crippen molar-refractivity contribution in [2.45, 2.75) is 70.5 Å². The van der Waals surface area contributed by atoms with Gasteiger partial charge >= 0.3 is 0 Å². The van der Waals surface area contributed by atoms with Crippen LogP contribution in [-0.4, -0.2) is 177 Å². The smallest absolute Gasteiger partial charge is 0.296 e. The lowest BCUT2D eigenvalue weighted by molar-refractivity contribution is -0.133. The number of nitrogens with one attached hydrogen (secondary N) is 1. The summed E-state index contributed by atoms with van der Waals surface area (Å²) in [6, 6.07) is 13.2. The molecule has 2 N–H and O–H groups in total. The Balaban J connectivity index is 0.657. The zero-order valence-electron chi connectivity index (χ0n) is 40.5. The molecule has 0 spiro atoms. The summed E-state index contributed by atoms with van der Waals surface area (Å²) in [6.07, 6.45) is 0.343. The number of amides is 1. The summed E-state index contributed by atoms with van der Waals surface area (Å²) < 4.78 is 25.4. The molecule has 11 rings (SSSR count). The lowest BCUT2D eigenvalue weighted by Gasteiger charge is -2.39. The number of aromatic amines is 1. The van der Waals surface area contributed by atoms with E-state index in [-0.39, 0.29) is 37.7 Å². The number of thiophene rings is 1. The van der Waals surface area contributed by atoms with Gasteiger partial charge in [0.25, 0.3) is 6.01 Å². The molecule has 0 aliphatic carbocycles. The molecule has 10 heterocycles. The molecular formula is C50H58Cl2N12O6S. The Morgan fingerprint density at radius 1 is 0.944 bits per heavy atom. The van der Waals surface area contributed by atoms with Crippen LogP contribution in [0.5, 0.6) is 11.9 Å². The van der Waals surface area contributed by atoms with E-state index in [4.69, 9.17) is 57.1 Å². The number of aromatic nitrogens is 7. The second-order valence-electron chi connectivity index (χ2n) is 19.3. The van der Waals surface area contributed by atoms with E-state index in [9.17, 15) is 9.90 Å². The number of anilines is 1. The van der Waals surface area contributed by atoms with E-state index in [0.29, 0.717) is 50.1 Å². The Morgan fingerprint density at radius 2 is 1.70 bits per heavy atom. The first kappa shape index (κ1) is 48.0. The summed E-state index contributed by atoms with van der Waals surface area (Å²) in [7, 11) is 3.63. The highest BCUT2D eigenvalue weighted by molar-refractivity contribution is 7.15. The molecule has 1 aromatic carbocycles. The molecule has 4 fully saturated rings. The third-order valence-electron chi connectivity index (χ3n) is 14.8. The maximum absolute atomic E-state index is 14.1. The number of H-pyrrole nitrogens is 1. The van der Waals surface area contributed by atoms with Crippen LogP contribution in [0.4, 0.5) is 5.82 Å². The Kier molecular flexibility index (Phi) is 13.5. The van der Waals surface area contributed by atoms with Crippen molar-refractivity contribution in [3.05, 3.63) is 85.7 Å². The van der Waals surface area contributed by atoms with Crippen molar-refractivity contribution in [1.29, 1.82) is 0 Å². The molecule has 0 bridgehead atoms. The topological polar surface area (TPSA) is 185 Å². The van der Waals surface area contributed by atoms with Crippen molar-refractivity contribution in [1.82, 2.24) is 49.4 Å². The SMILES string of the molecule is COc1nc(N(C)CCN2CCN(CC3CCN(C(=O)C[C@@H]4N=C(c5ccc(Cl)cc5)c5c(sc(C)c5C)-n5c(C)nnc54)CC3)CC2)ccc1-c1nc2nc(O[C@@H]3CO[C@H]4[C@@H]3OC[C@H]4O)[nH]c2cc1Cl. The molecule has 71 heavy (non-hydrogen) atoms. The van der Waals surface area contributed by atoms with Gasteiger partial charge in [-0.2, -0.15) is 9.97 Å². The minimum Gasteiger partial charge on any atom is -0.480 e. The van der Waals surface area contributed by atoms with Crippen LogP contribution in [0.15, 0.2) is 47.5 Å². The van der Waals surface area contributed by atoms with Crippen LogP contribution < -0.4 is 14.4 Å². The van der Waals surface area contributed by atoms with Gasteiger partial charge in [0, 0.05) is 87.0 Å². The van der Waals surface area contributed by atoms with E-state index >= 15 is 0 Å². The van der Waals surface area contributed by atoms with E-state index < -0.39 is 24.4 Å². The lowest BCUT2D eigenvalue weighted by Crippen LogP contribution is -2.50. The second-order valence-corrected chi connectivity index (χ2v) is 21.3. The number of aryl methyl sites for hydroxylation is 2. The fraction of sp³-hybridized carbons (Fsp3) is 0.500. The molecule has 5 atom stereocenters. The summed E-state index contributed by atoms with van der Waals surface area (Å²) in [5.41, 5.74) is 6.24. The zero-order chi connectivity index (χ0) is 49.1. The molecule has 5 aliphatic heterocycles. The van der Waals surface area contributed by atoms with Crippen molar-refractivity contribution in [3.63, 3.8) is 0 Å². The first-order chi connectivity index (χ1) is 34.4. The molecular weight excluding hydrogens is 968 g/mol. The number of fused-ring (bicyclic) bond motifs is 5. The Hall–Kier alpha value is -5.25. The molecule has 4 saturated heterocycles. The number of likely N-dealkylation sites (N-methyl/N-ethyl adjacent to an activating group) is 1. The van der Waals surface area contributed by atoms with Gasteiger partial charge in [-0.1, -0.05) is 35.3 Å². The summed E-state index contributed by atoms with van der Waals surface area (Å²) in [5.74, 6) is 3.33. The number of carbonyl (C=O) groups excluding carboxylic acids is 1. The minimum absolute atomic E-state index is 0.104. The van der Waals surface area contributed by atoms with Gasteiger partial charge in [-0.3, -0.25) is 19.3 Å². The van der Waals surface area contributed by atoms with Gasteiger partial charge in [-0.15, -0.1) is 21.5 Å². The number of hydrogen-bond acceptors (Lipinski definition) is 16. The molecule has 0 unspecified atom stereocenters. The number of rotatable bonds is 13. The van der Waals surface area contributed by atoms with E-state index in [1.807, 2.05) is 55.3 Å². The number of aliphatic hydroxyl groups excluding tert-OH is 1. The predicted octanol–water partition coefficient (Wildman–Crippen LogP) is 6.08. The number of pyridine rings is 2. The molecule has 0 radical (unpaired) electrons. The second kappa shape index (κ2) is 20.0. The Labute approximate surface area is 425 Å². The van der Waals surface area contributed by atoms with Gasteiger partial charge in [0.2, 0.25) is 11.8 Å². The number of halogens is 2. The Bertz CT molecular complexity index is 2970. The summed E-state index contributed by atoms with van der Waals surface area (Å²) >= 11 is 14.8. The molecule has 0 saturated carbocycles. The van der Waals surface area contributed by atoms with Crippen LogP contribution in [0.2, 0.25) is 10.0 Å². The van der Waals surface area contributed by atoms with Gasteiger partial charge in [-0.05, 0) is 75.4 Å². The van der Waals surface area contributed by atoms with Crippen LogP contribution in [0.3, 0.4) is 0 Å². The van der Waals surface area contributed by atoms with E-state index in [2.05, 4.69) is 53.3 Å². The quantitative estimate of drug-likeness (QED) is 0.136. The lowest BCUT2D eigenvalue weighted by atomic mass is 9.95. The highest BCUT2D eigenvalue weighted by Gasteiger charge is 2.49. The predicted molar refractivity (Wildman–Crippen MR) is 272 cm³/mol. The number of nitrogens with zero attached hydrogens (tertiary/aromatic N) is 11. The van der Waals surface area contributed by atoms with Crippen molar-refractivity contribution in [2.75, 3.05) is 91.2 Å². The van der Waals surface area contributed by atoms with Gasteiger partial charge < -0.3 is 43.7 Å². The van der Waals surface area contributed by atoms with Gasteiger partial charge in [-0.25, -0.2) is 4.98 Å². The normalized spacial score (nSPS) is 22.8. The average molecular weight is 1030 g/mol. The number of carbonyl (C=O) groups is 1. The number of benzene rings is 1. The van der Waals surface area contributed by atoms with Crippen LogP contribution in [0.1, 0.15) is 58.5 Å². The molecule has 6 aromatic rings. The van der Waals surface area contributed by atoms with Crippen molar-refractivity contribution in [2.24, 2.45) is 10.9 Å². The first-order valence-electron chi connectivity index (χ1n) is 24.4. The number of methoxy groups -OCH3 is 1. The third-order valence-corrected chi connectivity index (χ3v) is 16.5. The average Bonchev–Trinajstić information content (AvgIpc) is 4.19. The molecule has 5 aromatic heterocycles. The zero-order valence-corrected chi connectivity index (χ0v) is 42.8. The van der Waals surface area contributed by atoms with E-state index in [1.54, 1.807) is 24.5 Å². The monoisotopic (exact) mass is 1020 g/mol. The maximum Gasteiger partial charge on any atom is 0.296 e. The van der Waals surface area contributed by atoms with Gasteiger partial charge in [0.1, 0.15) is 41.0 Å². The largest absolute Gasteiger partial charge is 0.480 e. The number of piperidine rings is 1. The standard InChI is InChI=1S/C50H58Cl2N12O6S/c1-27-28(2)71-49-41(27)42(31-6-8-32(51)9-7-31)53-36(47-59-58-29(3)64(47)49)23-40(66)63-14-12-30(13-15-63)24-62-20-18-61(19-21-62)17-16-60(4)39-11-10-33(48(55-39)67-5)43-34(52)22-35-46(56-43)57-50(54-35)70-38-26-69-44-37(65)25-68-45(38)44/h6-11,22,30,36-38,44-45,65H,12-21,23-26H2,1-5H3,(H,54,56,57)/t36-,37+,38+,44+,45+/m0/s1. The number of piperazine rings is 1. The number of imidazole rings is 1. The highest BCUT2D eigenvalue weighted by atomic mass is 35.5. The van der Waals surface area contributed by atoms with Crippen LogP contribution in [-0.2, 0) is 14.3 Å². The van der Waals surface area contributed by atoms with Crippen LogP contribution in [0.25, 0.3) is 27.4 Å². The van der Waals surface area contributed by atoms with E-state index in [0.717, 1.165) is 105 Å². The van der Waals surface area contributed by atoms with Crippen LogP contribution >= 0.6 is 34.5 Å². The van der Waals surface area contributed by atoms with Gasteiger partial charge in [0.05, 0.1) is 54.3 Å². The summed E-state index contributed by atoms with van der Waals surface area (Å²) in [5, 5.41) is 21.3. The first-order valence-corrected chi connectivity index (χ1v) is 26.0. The van der Waals surface area contributed by atoms with Crippen molar-refractivity contribution in [3.8, 4) is 28.1 Å². The highest BCUT2D eigenvalue weighted by Crippen LogP contribution is 2.41. The van der Waals surface area contributed by atoms with Gasteiger partial charge in [0.15, 0.2) is 17.6 Å². The number of aliphatic imine (C=N–C) groups is 1. The molecule has 374 valence electrons. The third kappa shape index (κ3) is 9.51. The fourth-order valence-electron chi connectivity index (χ4n) is 10.6. The number of likely N-dealkylation sites (tertiary alicyclic amines) is 1. The fourth-order valence-corrected chi connectivity index (χ4v) is 12.2.